The number of H-pyrrole nitrogens is 1. The highest BCUT2D eigenvalue weighted by Gasteiger charge is 2.12. The van der Waals surface area contributed by atoms with Gasteiger partial charge in [0.15, 0.2) is 10.6 Å². The van der Waals surface area contributed by atoms with Crippen LogP contribution in [0.4, 0.5) is 0 Å². The first-order valence-corrected chi connectivity index (χ1v) is 7.21. The fraction of sp³-hybridized carbons (Fsp3) is 0.0714. The zero-order chi connectivity index (χ0) is 14.1. The van der Waals surface area contributed by atoms with E-state index in [1.54, 1.807) is 12.4 Å². The van der Waals surface area contributed by atoms with E-state index < -0.39 is 0 Å². The summed E-state index contributed by atoms with van der Waals surface area (Å²) in [7, 11) is 0. The van der Waals surface area contributed by atoms with Gasteiger partial charge in [0.2, 0.25) is 0 Å². The van der Waals surface area contributed by atoms with Gasteiger partial charge in [-0.25, -0.2) is 0 Å². The molecule has 0 aliphatic heterocycles. The minimum Gasteiger partial charge on any atom is -0.268 e. The second-order valence-electron chi connectivity index (χ2n) is 4.36. The average Bonchev–Trinajstić information content (AvgIpc) is 2.84. The highest BCUT2D eigenvalue weighted by molar-refractivity contribution is 9.10. The summed E-state index contributed by atoms with van der Waals surface area (Å²) in [5.41, 5.74) is 3.03. The third-order valence-corrected chi connectivity index (χ3v) is 3.77. The smallest absolute Gasteiger partial charge is 0.200 e. The van der Waals surface area contributed by atoms with Crippen LogP contribution in [0.15, 0.2) is 47.2 Å². The van der Waals surface area contributed by atoms with Crippen LogP contribution < -0.4 is 0 Å². The molecule has 20 heavy (non-hydrogen) atoms. The van der Waals surface area contributed by atoms with Gasteiger partial charge in [-0.2, -0.15) is 5.10 Å². The summed E-state index contributed by atoms with van der Waals surface area (Å²) in [5, 5.41) is 7.18. The highest BCUT2D eigenvalue weighted by Crippen LogP contribution is 2.25. The molecule has 0 amide bonds. The molecule has 0 saturated carbocycles. The lowest BCUT2D eigenvalue weighted by Crippen LogP contribution is -2.00. The zero-order valence-corrected chi connectivity index (χ0v) is 13.1. The van der Waals surface area contributed by atoms with Crippen molar-refractivity contribution >= 4 is 28.1 Å². The first-order chi connectivity index (χ1) is 9.66. The molecule has 3 aromatic rings. The molecule has 2 heterocycles. The van der Waals surface area contributed by atoms with Crippen molar-refractivity contribution in [3.63, 3.8) is 0 Å². The van der Waals surface area contributed by atoms with E-state index in [4.69, 9.17) is 12.2 Å². The van der Waals surface area contributed by atoms with Gasteiger partial charge < -0.3 is 0 Å². The number of aromatic nitrogens is 4. The molecule has 6 heteroatoms. The lowest BCUT2D eigenvalue weighted by Gasteiger charge is -2.10. The number of hydrogen-bond acceptors (Lipinski definition) is 3. The number of halogens is 1. The summed E-state index contributed by atoms with van der Waals surface area (Å²) in [6.45, 7) is 2.05. The van der Waals surface area contributed by atoms with E-state index in [-0.39, 0.29) is 0 Å². The Kier molecular flexibility index (Phi) is 3.50. The maximum absolute atomic E-state index is 5.37. The summed E-state index contributed by atoms with van der Waals surface area (Å²) >= 11 is 8.86. The maximum atomic E-state index is 5.37. The van der Waals surface area contributed by atoms with Crippen LogP contribution in [0.5, 0.6) is 0 Å². The van der Waals surface area contributed by atoms with Crippen LogP contribution in [-0.4, -0.2) is 19.7 Å². The largest absolute Gasteiger partial charge is 0.268 e. The fourth-order valence-corrected chi connectivity index (χ4v) is 2.61. The molecule has 2 aromatic heterocycles. The van der Waals surface area contributed by atoms with E-state index >= 15 is 0 Å². The molecule has 0 unspecified atom stereocenters. The van der Waals surface area contributed by atoms with Crippen molar-refractivity contribution in [3.8, 4) is 17.1 Å². The van der Waals surface area contributed by atoms with Crippen molar-refractivity contribution in [1.82, 2.24) is 19.7 Å². The number of hydrogen-bond donors (Lipinski definition) is 1. The number of rotatable bonds is 2. The quantitative estimate of drug-likeness (QED) is 0.711. The number of aromatic amines is 1. The lowest BCUT2D eigenvalue weighted by atomic mass is 10.2. The molecular formula is C14H11BrN4S. The van der Waals surface area contributed by atoms with E-state index in [2.05, 4.69) is 31.1 Å². The van der Waals surface area contributed by atoms with Gasteiger partial charge in [0.1, 0.15) is 0 Å². The van der Waals surface area contributed by atoms with Crippen LogP contribution in [0.25, 0.3) is 17.1 Å². The van der Waals surface area contributed by atoms with E-state index in [9.17, 15) is 0 Å². The SMILES string of the molecule is Cc1ccc(Br)cc1-n1c(-c2cccnc2)n[nH]c1=S. The summed E-state index contributed by atoms with van der Waals surface area (Å²) < 4.78 is 3.48. The second-order valence-corrected chi connectivity index (χ2v) is 5.66. The third-order valence-electron chi connectivity index (χ3n) is 3.00. The number of pyridine rings is 1. The Balaban J connectivity index is 2.27. The first-order valence-electron chi connectivity index (χ1n) is 6.01. The van der Waals surface area contributed by atoms with Crippen molar-refractivity contribution < 1.29 is 0 Å². The van der Waals surface area contributed by atoms with Gasteiger partial charge in [0.05, 0.1) is 5.69 Å². The second kappa shape index (κ2) is 5.30. The Labute approximate surface area is 129 Å². The summed E-state index contributed by atoms with van der Waals surface area (Å²) in [4.78, 5) is 4.13. The Bertz CT molecular complexity index is 808. The molecule has 0 aliphatic rings. The Morgan fingerprint density at radius 3 is 2.90 bits per heavy atom. The lowest BCUT2D eigenvalue weighted by molar-refractivity contribution is 1.02. The minimum absolute atomic E-state index is 0.560. The molecule has 0 saturated heterocycles. The molecular weight excluding hydrogens is 336 g/mol. The normalized spacial score (nSPS) is 10.7. The topological polar surface area (TPSA) is 46.5 Å². The van der Waals surface area contributed by atoms with E-state index in [0.717, 1.165) is 27.1 Å². The Morgan fingerprint density at radius 1 is 1.30 bits per heavy atom. The van der Waals surface area contributed by atoms with Crippen LogP contribution in [0.1, 0.15) is 5.56 Å². The Morgan fingerprint density at radius 2 is 2.15 bits per heavy atom. The van der Waals surface area contributed by atoms with Crippen molar-refractivity contribution in [2.24, 2.45) is 0 Å². The van der Waals surface area contributed by atoms with Crippen LogP contribution >= 0.6 is 28.1 Å². The molecule has 0 atom stereocenters. The maximum Gasteiger partial charge on any atom is 0.200 e. The molecule has 1 N–H and O–H groups in total. The van der Waals surface area contributed by atoms with E-state index in [0.29, 0.717) is 4.77 Å². The van der Waals surface area contributed by atoms with E-state index in [1.165, 1.54) is 0 Å². The van der Waals surface area contributed by atoms with Crippen molar-refractivity contribution in [1.29, 1.82) is 0 Å². The van der Waals surface area contributed by atoms with Gasteiger partial charge >= 0.3 is 0 Å². The monoisotopic (exact) mass is 346 g/mol. The summed E-state index contributed by atoms with van der Waals surface area (Å²) in [5.74, 6) is 0.754. The molecule has 0 bridgehead atoms. The predicted octanol–water partition coefficient (Wildman–Crippen LogP) is 4.06. The third kappa shape index (κ3) is 2.32. The first kappa shape index (κ1) is 13.2. The molecule has 0 radical (unpaired) electrons. The zero-order valence-electron chi connectivity index (χ0n) is 10.7. The van der Waals surface area contributed by atoms with Crippen molar-refractivity contribution in [3.05, 3.63) is 57.5 Å². The highest BCUT2D eigenvalue weighted by atomic mass is 79.9. The van der Waals surface area contributed by atoms with Crippen LogP contribution in [0.3, 0.4) is 0 Å². The fourth-order valence-electron chi connectivity index (χ4n) is 2.03. The van der Waals surface area contributed by atoms with Crippen molar-refractivity contribution in [2.45, 2.75) is 6.92 Å². The van der Waals surface area contributed by atoms with Crippen LogP contribution in [0.2, 0.25) is 0 Å². The predicted molar refractivity (Wildman–Crippen MR) is 84.4 cm³/mol. The van der Waals surface area contributed by atoms with Crippen molar-refractivity contribution in [2.75, 3.05) is 0 Å². The molecule has 0 aliphatic carbocycles. The van der Waals surface area contributed by atoms with Gasteiger partial charge in [-0.1, -0.05) is 22.0 Å². The van der Waals surface area contributed by atoms with Gasteiger partial charge in [-0.3, -0.25) is 14.6 Å². The minimum atomic E-state index is 0.560. The number of aryl methyl sites for hydroxylation is 1. The molecule has 4 nitrogen and oxygen atoms in total. The number of nitrogens with one attached hydrogen (secondary N) is 1. The van der Waals surface area contributed by atoms with Gasteiger partial charge in [-0.15, -0.1) is 0 Å². The van der Waals surface area contributed by atoms with E-state index in [1.807, 2.05) is 41.8 Å². The van der Waals surface area contributed by atoms with Gasteiger partial charge in [0.25, 0.3) is 0 Å². The Hall–Kier alpha value is -1.79. The summed E-state index contributed by atoms with van der Waals surface area (Å²) in [6.07, 6.45) is 3.51. The standard InChI is InChI=1S/C14H11BrN4S/c1-9-4-5-11(15)7-12(9)19-13(17-18-14(19)20)10-3-2-6-16-8-10/h2-8H,1H3,(H,18,20). The molecule has 0 spiro atoms. The van der Waals surface area contributed by atoms with Crippen LogP contribution in [0, 0.1) is 11.7 Å². The van der Waals surface area contributed by atoms with Crippen LogP contribution in [-0.2, 0) is 0 Å². The molecule has 0 fully saturated rings. The average molecular weight is 347 g/mol. The molecule has 1 aromatic carbocycles. The number of nitrogens with zero attached hydrogens (tertiary/aromatic N) is 3. The number of benzene rings is 1. The molecule has 3 rings (SSSR count). The summed E-state index contributed by atoms with van der Waals surface area (Å²) in [6, 6.07) is 9.92. The van der Waals surface area contributed by atoms with Gasteiger partial charge in [-0.05, 0) is 49.0 Å². The van der Waals surface area contributed by atoms with Gasteiger partial charge in [0, 0.05) is 22.4 Å². The molecule has 100 valence electrons.